The normalized spacial score (nSPS) is 10.0. The Kier molecular flexibility index (Phi) is 3.85. The summed E-state index contributed by atoms with van der Waals surface area (Å²) in [6, 6.07) is 12.0. The lowest BCUT2D eigenvalue weighted by atomic mass is 10.2. The van der Waals surface area contributed by atoms with Crippen LogP contribution in [0.2, 0.25) is 0 Å². The van der Waals surface area contributed by atoms with Gasteiger partial charge >= 0.3 is 0 Å². The van der Waals surface area contributed by atoms with Crippen molar-refractivity contribution in [1.82, 2.24) is 4.98 Å². The van der Waals surface area contributed by atoms with Crippen LogP contribution >= 0.6 is 11.8 Å². The van der Waals surface area contributed by atoms with Crippen LogP contribution in [0.15, 0.2) is 41.6 Å². The molecule has 2 aromatic rings. The fourth-order valence-electron chi connectivity index (χ4n) is 1.60. The third-order valence-electron chi connectivity index (χ3n) is 2.47. The fraction of sp³-hybridized carbons (Fsp3) is 0.143. The molecule has 0 aliphatic heterocycles. The second-order valence-electron chi connectivity index (χ2n) is 4.01. The smallest absolute Gasteiger partial charge is 0.119 e. The number of hydrogen-bond acceptors (Lipinski definition) is 4. The van der Waals surface area contributed by atoms with E-state index in [4.69, 9.17) is 11.0 Å². The highest BCUT2D eigenvalue weighted by Gasteiger charge is 2.04. The van der Waals surface area contributed by atoms with Crippen molar-refractivity contribution < 1.29 is 0 Å². The molecule has 1 aromatic heterocycles. The van der Waals surface area contributed by atoms with E-state index in [1.807, 2.05) is 12.1 Å². The number of benzene rings is 1. The first-order valence-corrected chi connectivity index (χ1v) is 6.51. The van der Waals surface area contributed by atoms with Gasteiger partial charge in [0.2, 0.25) is 0 Å². The fourth-order valence-corrected chi connectivity index (χ4v) is 2.44. The van der Waals surface area contributed by atoms with Crippen molar-refractivity contribution in [2.24, 2.45) is 0 Å². The van der Waals surface area contributed by atoms with Crippen LogP contribution in [0, 0.1) is 18.3 Å². The number of nitrogens with two attached hydrogens (primary N) is 1. The molecule has 90 valence electrons. The maximum Gasteiger partial charge on any atom is 0.119 e. The van der Waals surface area contributed by atoms with E-state index < -0.39 is 0 Å². The highest BCUT2D eigenvalue weighted by atomic mass is 32.2. The van der Waals surface area contributed by atoms with Crippen LogP contribution in [0.1, 0.15) is 16.7 Å². The lowest BCUT2D eigenvalue weighted by Gasteiger charge is -2.05. The molecule has 1 aromatic carbocycles. The molecule has 0 fully saturated rings. The predicted octanol–water partition coefficient (Wildman–Crippen LogP) is 3.14. The lowest BCUT2D eigenvalue weighted by Crippen LogP contribution is -1.93. The van der Waals surface area contributed by atoms with E-state index in [0.29, 0.717) is 11.3 Å². The molecule has 0 atom stereocenters. The Labute approximate surface area is 111 Å². The second-order valence-corrected chi connectivity index (χ2v) is 4.97. The monoisotopic (exact) mass is 255 g/mol. The predicted molar refractivity (Wildman–Crippen MR) is 74.1 cm³/mol. The number of aromatic nitrogens is 1. The van der Waals surface area contributed by atoms with Gasteiger partial charge in [0.05, 0.1) is 11.3 Å². The Bertz CT molecular complexity index is 602. The van der Waals surface area contributed by atoms with Crippen molar-refractivity contribution in [3.8, 4) is 6.07 Å². The molecule has 18 heavy (non-hydrogen) atoms. The summed E-state index contributed by atoms with van der Waals surface area (Å²) >= 11 is 1.58. The summed E-state index contributed by atoms with van der Waals surface area (Å²) in [4.78, 5) is 4.20. The first-order valence-electron chi connectivity index (χ1n) is 5.53. The van der Waals surface area contributed by atoms with Gasteiger partial charge in [-0.1, -0.05) is 41.6 Å². The molecule has 0 spiro atoms. The summed E-state index contributed by atoms with van der Waals surface area (Å²) in [5.74, 6) is 0.824. The molecule has 4 heteroatoms. The number of thioether (sulfide) groups is 1. The number of anilines is 1. The highest BCUT2D eigenvalue weighted by molar-refractivity contribution is 7.98. The maximum absolute atomic E-state index is 8.74. The van der Waals surface area contributed by atoms with Gasteiger partial charge in [-0.15, -0.1) is 0 Å². The summed E-state index contributed by atoms with van der Waals surface area (Å²) in [6.07, 6.45) is 1.55. The van der Waals surface area contributed by atoms with Gasteiger partial charge in [-0.05, 0) is 18.6 Å². The third kappa shape index (κ3) is 3.02. The molecule has 0 aliphatic carbocycles. The van der Waals surface area contributed by atoms with Crippen LogP contribution in [-0.2, 0) is 5.75 Å². The van der Waals surface area contributed by atoms with Gasteiger partial charge in [0.25, 0.3) is 0 Å². The summed E-state index contributed by atoms with van der Waals surface area (Å²) in [6.45, 7) is 2.07. The van der Waals surface area contributed by atoms with E-state index in [9.17, 15) is 0 Å². The molecule has 0 bridgehead atoms. The standard InChI is InChI=1S/C14H13N3S/c1-10-3-2-4-11(5-10)9-18-14-13(16)6-12(7-15)8-17-14/h2-6,8H,9,16H2,1H3. The zero-order valence-electron chi connectivity index (χ0n) is 10.1. The number of aryl methyl sites for hydroxylation is 1. The van der Waals surface area contributed by atoms with Crippen LogP contribution in [0.4, 0.5) is 5.69 Å². The van der Waals surface area contributed by atoms with Gasteiger partial charge in [-0.25, -0.2) is 4.98 Å². The molecule has 3 nitrogen and oxygen atoms in total. The zero-order chi connectivity index (χ0) is 13.0. The second kappa shape index (κ2) is 5.56. The molecular formula is C14H13N3S. The molecule has 0 aliphatic rings. The minimum Gasteiger partial charge on any atom is -0.397 e. The minimum atomic E-state index is 0.493. The van der Waals surface area contributed by atoms with Crippen LogP contribution in [0.3, 0.4) is 0 Å². The summed E-state index contributed by atoms with van der Waals surface area (Å²) in [7, 11) is 0. The first-order chi connectivity index (χ1) is 8.69. The van der Waals surface area contributed by atoms with Crippen molar-refractivity contribution in [3.05, 3.63) is 53.2 Å². The van der Waals surface area contributed by atoms with Gasteiger partial charge in [-0.3, -0.25) is 0 Å². The van der Waals surface area contributed by atoms with E-state index in [2.05, 4.69) is 30.1 Å². The number of nitriles is 1. The van der Waals surface area contributed by atoms with E-state index in [0.717, 1.165) is 10.8 Å². The van der Waals surface area contributed by atoms with Gasteiger partial charge in [0.1, 0.15) is 11.1 Å². The number of hydrogen-bond donors (Lipinski definition) is 1. The molecule has 1 heterocycles. The average Bonchev–Trinajstić information content (AvgIpc) is 2.37. The SMILES string of the molecule is Cc1cccc(CSc2ncc(C#N)cc2N)c1. The molecule has 0 saturated heterocycles. The average molecular weight is 255 g/mol. The summed E-state index contributed by atoms with van der Waals surface area (Å²) in [5, 5.41) is 9.51. The van der Waals surface area contributed by atoms with Crippen molar-refractivity contribution in [2.45, 2.75) is 17.7 Å². The summed E-state index contributed by atoms with van der Waals surface area (Å²) < 4.78 is 0. The van der Waals surface area contributed by atoms with Crippen molar-refractivity contribution >= 4 is 17.4 Å². The number of nitrogens with zero attached hydrogens (tertiary/aromatic N) is 2. The highest BCUT2D eigenvalue weighted by Crippen LogP contribution is 2.26. The van der Waals surface area contributed by atoms with E-state index in [1.54, 1.807) is 24.0 Å². The van der Waals surface area contributed by atoms with Crippen molar-refractivity contribution in [1.29, 1.82) is 5.26 Å². The molecule has 0 amide bonds. The van der Waals surface area contributed by atoms with Crippen molar-refractivity contribution in [2.75, 3.05) is 5.73 Å². The minimum absolute atomic E-state index is 0.493. The Balaban J connectivity index is 2.09. The van der Waals surface area contributed by atoms with Crippen molar-refractivity contribution in [3.63, 3.8) is 0 Å². The van der Waals surface area contributed by atoms with Gasteiger partial charge in [0, 0.05) is 11.9 Å². The molecule has 0 saturated carbocycles. The Hall–Kier alpha value is -1.99. The quantitative estimate of drug-likeness (QED) is 0.856. The topological polar surface area (TPSA) is 62.7 Å². The number of rotatable bonds is 3. The van der Waals surface area contributed by atoms with Crippen LogP contribution < -0.4 is 5.73 Å². The molecule has 2 N–H and O–H groups in total. The van der Waals surface area contributed by atoms with Gasteiger partial charge in [-0.2, -0.15) is 5.26 Å². The van der Waals surface area contributed by atoms with Crippen LogP contribution in [0.25, 0.3) is 0 Å². The van der Waals surface area contributed by atoms with E-state index in [-0.39, 0.29) is 0 Å². The summed E-state index contributed by atoms with van der Waals surface area (Å²) in [5.41, 5.74) is 9.40. The molecule has 0 radical (unpaired) electrons. The third-order valence-corrected chi connectivity index (χ3v) is 3.56. The first kappa shape index (κ1) is 12.5. The largest absolute Gasteiger partial charge is 0.397 e. The van der Waals surface area contributed by atoms with Crippen LogP contribution in [-0.4, -0.2) is 4.98 Å². The maximum atomic E-state index is 8.74. The zero-order valence-corrected chi connectivity index (χ0v) is 10.9. The van der Waals surface area contributed by atoms with E-state index in [1.165, 1.54) is 11.1 Å². The van der Waals surface area contributed by atoms with Gasteiger partial charge in [0.15, 0.2) is 0 Å². The Morgan fingerprint density at radius 1 is 1.39 bits per heavy atom. The molecular weight excluding hydrogens is 242 g/mol. The van der Waals surface area contributed by atoms with E-state index >= 15 is 0 Å². The molecule has 2 rings (SSSR count). The molecule has 0 unspecified atom stereocenters. The lowest BCUT2D eigenvalue weighted by molar-refractivity contribution is 1.13. The van der Waals surface area contributed by atoms with Gasteiger partial charge < -0.3 is 5.73 Å². The number of nitrogen functional groups attached to an aromatic ring is 1. The Morgan fingerprint density at radius 2 is 2.22 bits per heavy atom. The number of pyridine rings is 1. The van der Waals surface area contributed by atoms with Crippen LogP contribution in [0.5, 0.6) is 0 Å². The Morgan fingerprint density at radius 3 is 2.89 bits per heavy atom.